The molecule has 2 rings (SSSR count). The Kier molecular flexibility index (Phi) is 5.08. The maximum absolute atomic E-state index is 11.4. The molecule has 23 heavy (non-hydrogen) atoms. The molecule has 0 bridgehead atoms. The van der Waals surface area contributed by atoms with E-state index in [1.54, 1.807) is 7.05 Å². The van der Waals surface area contributed by atoms with Gasteiger partial charge in [-0.25, -0.2) is 14.8 Å². The van der Waals surface area contributed by atoms with Crippen molar-refractivity contribution in [2.24, 2.45) is 5.73 Å². The highest BCUT2D eigenvalue weighted by Crippen LogP contribution is 2.16. The Hall–Kier alpha value is -3.16. The smallest absolute Gasteiger partial charge is 0.409 e. The van der Waals surface area contributed by atoms with Gasteiger partial charge in [-0.3, -0.25) is 4.79 Å². The predicted molar refractivity (Wildman–Crippen MR) is 84.1 cm³/mol. The average molecular weight is 315 g/mol. The highest BCUT2D eigenvalue weighted by Gasteiger charge is 2.08. The van der Waals surface area contributed by atoms with Gasteiger partial charge in [0.25, 0.3) is 5.91 Å². The van der Waals surface area contributed by atoms with E-state index >= 15 is 0 Å². The Bertz CT molecular complexity index is 703. The molecule has 0 atom stereocenters. The second kappa shape index (κ2) is 7.21. The first kappa shape index (κ1) is 16.2. The Morgan fingerprint density at radius 2 is 1.96 bits per heavy atom. The number of hydrogen-bond donors (Lipinski definition) is 2. The van der Waals surface area contributed by atoms with Gasteiger partial charge in [0, 0.05) is 25.3 Å². The molecule has 0 fully saturated rings. The molecule has 0 aliphatic rings. The summed E-state index contributed by atoms with van der Waals surface area (Å²) in [6.07, 6.45) is 0.870. The van der Waals surface area contributed by atoms with Crippen molar-refractivity contribution in [1.82, 2.24) is 14.9 Å². The van der Waals surface area contributed by atoms with Gasteiger partial charge in [0.05, 0.1) is 7.11 Å². The number of nitrogens with two attached hydrogens (primary N) is 1. The van der Waals surface area contributed by atoms with Crippen LogP contribution in [0.25, 0.3) is 0 Å². The molecule has 0 saturated heterocycles. The second-order valence-corrected chi connectivity index (χ2v) is 4.80. The maximum atomic E-state index is 11.4. The van der Waals surface area contributed by atoms with Crippen molar-refractivity contribution < 1.29 is 14.3 Å². The number of methoxy groups -OCH3 is 1. The van der Waals surface area contributed by atoms with Gasteiger partial charge >= 0.3 is 6.09 Å². The third-order valence-corrected chi connectivity index (χ3v) is 3.05. The number of ether oxygens (including phenoxy) is 1. The number of aromatic nitrogens is 2. The van der Waals surface area contributed by atoms with Crippen LogP contribution in [0.15, 0.2) is 36.7 Å². The van der Waals surface area contributed by atoms with E-state index in [0.717, 1.165) is 11.3 Å². The minimum absolute atomic E-state index is 0.138. The Morgan fingerprint density at radius 3 is 2.57 bits per heavy atom. The number of nitrogens with one attached hydrogen (secondary N) is 1. The van der Waals surface area contributed by atoms with E-state index < -0.39 is 12.0 Å². The van der Waals surface area contributed by atoms with Crippen LogP contribution in [0.4, 0.5) is 16.3 Å². The number of carbonyl (C=O) groups excluding carboxylic acids is 2. The van der Waals surface area contributed by atoms with Crippen LogP contribution < -0.4 is 11.1 Å². The number of rotatable bonds is 5. The van der Waals surface area contributed by atoms with Gasteiger partial charge in [0.1, 0.15) is 17.8 Å². The zero-order chi connectivity index (χ0) is 16.8. The van der Waals surface area contributed by atoms with Crippen LogP contribution in [0.2, 0.25) is 0 Å². The molecular formula is C15H17N5O3. The third-order valence-electron chi connectivity index (χ3n) is 3.05. The van der Waals surface area contributed by atoms with Gasteiger partial charge in [0.2, 0.25) is 0 Å². The van der Waals surface area contributed by atoms with Crippen LogP contribution in [-0.4, -0.2) is 41.0 Å². The van der Waals surface area contributed by atoms with E-state index in [9.17, 15) is 9.59 Å². The van der Waals surface area contributed by atoms with Crippen LogP contribution in [0.3, 0.4) is 0 Å². The van der Waals surface area contributed by atoms with E-state index in [0.29, 0.717) is 12.4 Å². The number of anilines is 2. The molecule has 0 unspecified atom stereocenters. The standard InChI is InChI=1S/C15H17N5O3/c1-20(15(22)23-2)8-10-3-5-11(6-4-10)19-13-7-12(14(16)21)17-9-18-13/h3-7,9H,8H2,1-2H3,(H2,16,21)(H,17,18,19). The second-order valence-electron chi connectivity index (χ2n) is 4.80. The third kappa shape index (κ3) is 4.40. The number of hydrogen-bond acceptors (Lipinski definition) is 6. The highest BCUT2D eigenvalue weighted by molar-refractivity contribution is 5.91. The summed E-state index contributed by atoms with van der Waals surface area (Å²) in [5.74, 6) is -0.148. The van der Waals surface area contributed by atoms with Crippen molar-refractivity contribution in [3.63, 3.8) is 0 Å². The van der Waals surface area contributed by atoms with Crippen molar-refractivity contribution >= 4 is 23.5 Å². The first-order valence-corrected chi connectivity index (χ1v) is 6.76. The van der Waals surface area contributed by atoms with Crippen molar-refractivity contribution in [3.05, 3.63) is 47.9 Å². The fourth-order valence-corrected chi connectivity index (χ4v) is 1.90. The van der Waals surface area contributed by atoms with Crippen LogP contribution in [0, 0.1) is 0 Å². The molecule has 2 aromatic rings. The van der Waals surface area contributed by atoms with E-state index in [-0.39, 0.29) is 5.69 Å². The molecule has 1 aromatic heterocycles. The number of carbonyl (C=O) groups is 2. The molecule has 8 heteroatoms. The molecule has 120 valence electrons. The Balaban J connectivity index is 2.04. The molecular weight excluding hydrogens is 298 g/mol. The molecule has 0 aliphatic heterocycles. The van der Waals surface area contributed by atoms with E-state index in [4.69, 9.17) is 5.73 Å². The molecule has 0 aliphatic carbocycles. The molecule has 1 heterocycles. The average Bonchev–Trinajstić information content (AvgIpc) is 2.56. The zero-order valence-corrected chi connectivity index (χ0v) is 12.8. The first-order chi connectivity index (χ1) is 11.0. The number of amides is 2. The van der Waals surface area contributed by atoms with Gasteiger partial charge < -0.3 is 20.7 Å². The summed E-state index contributed by atoms with van der Waals surface area (Å²) in [5.41, 5.74) is 7.05. The van der Waals surface area contributed by atoms with Crippen LogP contribution in [0.1, 0.15) is 16.1 Å². The molecule has 8 nitrogen and oxygen atoms in total. The molecule has 1 aromatic carbocycles. The minimum Gasteiger partial charge on any atom is -0.453 e. The summed E-state index contributed by atoms with van der Waals surface area (Å²) in [6, 6.07) is 8.90. The van der Waals surface area contributed by atoms with Crippen molar-refractivity contribution in [3.8, 4) is 0 Å². The molecule has 3 N–H and O–H groups in total. The van der Waals surface area contributed by atoms with Crippen LogP contribution in [0.5, 0.6) is 0 Å². The maximum Gasteiger partial charge on any atom is 0.409 e. The zero-order valence-electron chi connectivity index (χ0n) is 12.8. The fourth-order valence-electron chi connectivity index (χ4n) is 1.90. The Labute approximate surface area is 133 Å². The fraction of sp³-hybridized carbons (Fsp3) is 0.200. The SMILES string of the molecule is COC(=O)N(C)Cc1ccc(Nc2cc(C(N)=O)ncn2)cc1. The van der Waals surface area contributed by atoms with Crippen molar-refractivity contribution in [1.29, 1.82) is 0 Å². The summed E-state index contributed by atoms with van der Waals surface area (Å²) in [5, 5.41) is 3.05. The lowest BCUT2D eigenvalue weighted by Gasteiger charge is -2.15. The van der Waals surface area contributed by atoms with Crippen molar-refractivity contribution in [2.75, 3.05) is 19.5 Å². The predicted octanol–water partition coefficient (Wildman–Crippen LogP) is 1.52. The molecule has 2 amide bonds. The van der Waals surface area contributed by atoms with Crippen LogP contribution >= 0.6 is 0 Å². The van der Waals surface area contributed by atoms with Gasteiger partial charge in [-0.1, -0.05) is 12.1 Å². The lowest BCUT2D eigenvalue weighted by molar-refractivity contribution is 0.0995. The minimum atomic E-state index is -0.614. The molecule has 0 spiro atoms. The monoisotopic (exact) mass is 315 g/mol. The van der Waals surface area contributed by atoms with E-state index in [2.05, 4.69) is 20.0 Å². The summed E-state index contributed by atoms with van der Waals surface area (Å²) >= 11 is 0. The van der Waals surface area contributed by atoms with Gasteiger partial charge in [-0.15, -0.1) is 0 Å². The lowest BCUT2D eigenvalue weighted by atomic mass is 10.2. The number of primary amides is 1. The highest BCUT2D eigenvalue weighted by atomic mass is 16.5. The van der Waals surface area contributed by atoms with E-state index in [1.165, 1.54) is 24.4 Å². The quantitative estimate of drug-likeness (QED) is 0.865. The largest absolute Gasteiger partial charge is 0.453 e. The summed E-state index contributed by atoms with van der Waals surface area (Å²) < 4.78 is 4.64. The summed E-state index contributed by atoms with van der Waals surface area (Å²) in [7, 11) is 3.00. The molecule has 0 radical (unpaired) electrons. The number of benzene rings is 1. The molecule has 0 saturated carbocycles. The van der Waals surface area contributed by atoms with Crippen LogP contribution in [-0.2, 0) is 11.3 Å². The summed E-state index contributed by atoms with van der Waals surface area (Å²) in [4.78, 5) is 31.7. The Morgan fingerprint density at radius 1 is 1.26 bits per heavy atom. The lowest BCUT2D eigenvalue weighted by Crippen LogP contribution is -2.25. The number of nitrogens with zero attached hydrogens (tertiary/aromatic N) is 3. The first-order valence-electron chi connectivity index (χ1n) is 6.76. The summed E-state index contributed by atoms with van der Waals surface area (Å²) in [6.45, 7) is 0.437. The van der Waals surface area contributed by atoms with Gasteiger partial charge in [-0.2, -0.15) is 0 Å². The van der Waals surface area contributed by atoms with E-state index in [1.807, 2.05) is 24.3 Å². The van der Waals surface area contributed by atoms with Crippen molar-refractivity contribution in [2.45, 2.75) is 6.54 Å². The normalized spacial score (nSPS) is 10.0. The van der Waals surface area contributed by atoms with Gasteiger partial charge in [0.15, 0.2) is 0 Å². The van der Waals surface area contributed by atoms with Gasteiger partial charge in [-0.05, 0) is 17.7 Å². The topological polar surface area (TPSA) is 110 Å².